The minimum atomic E-state index is -5.08. The molecule has 3 rings (SSSR count). The zero-order chi connectivity index (χ0) is 22.2. The van der Waals surface area contributed by atoms with E-state index in [0.717, 1.165) is 6.07 Å². The van der Waals surface area contributed by atoms with Gasteiger partial charge in [-0.1, -0.05) is 23.7 Å². The second-order valence-electron chi connectivity index (χ2n) is 5.80. The summed E-state index contributed by atoms with van der Waals surface area (Å²) in [5.41, 5.74) is -5.46. The highest BCUT2D eigenvalue weighted by Gasteiger charge is 2.36. The summed E-state index contributed by atoms with van der Waals surface area (Å²) >= 11 is 5.94. The Balaban J connectivity index is 2.21. The number of rotatable bonds is 3. The maximum Gasteiger partial charge on any atom is 0.433 e. The molecule has 30 heavy (non-hydrogen) atoms. The van der Waals surface area contributed by atoms with Gasteiger partial charge in [-0.25, -0.2) is 18.4 Å². The van der Waals surface area contributed by atoms with Gasteiger partial charge in [-0.2, -0.15) is 18.4 Å². The van der Waals surface area contributed by atoms with Crippen molar-refractivity contribution in [1.82, 2.24) is 9.24 Å². The van der Waals surface area contributed by atoms with Crippen LogP contribution in [0.5, 0.6) is 11.5 Å². The number of alkyl halides is 3. The van der Waals surface area contributed by atoms with Crippen LogP contribution in [-0.2, 0) is 6.18 Å². The van der Waals surface area contributed by atoms with Crippen LogP contribution in [0.1, 0.15) is 11.3 Å². The number of benzene rings is 2. The van der Waals surface area contributed by atoms with E-state index < -0.39 is 34.6 Å². The van der Waals surface area contributed by atoms with Gasteiger partial charge in [0.05, 0.1) is 16.3 Å². The molecule has 2 N–H and O–H groups in total. The fraction of sp³-hybridized carbons (Fsp3) is 0.0556. The quantitative estimate of drug-likeness (QED) is 0.497. The average Bonchev–Trinajstić information content (AvgIpc) is 2.67. The van der Waals surface area contributed by atoms with Crippen molar-refractivity contribution in [1.29, 1.82) is 5.26 Å². The normalized spacial score (nSPS) is 11.2. The molecule has 7 nitrogen and oxygen atoms in total. The molecule has 0 aliphatic rings. The summed E-state index contributed by atoms with van der Waals surface area (Å²) in [5.74, 6) is 3.75. The van der Waals surface area contributed by atoms with Gasteiger partial charge in [0, 0.05) is 12.1 Å². The Morgan fingerprint density at radius 1 is 1.10 bits per heavy atom. The van der Waals surface area contributed by atoms with E-state index in [1.165, 1.54) is 12.1 Å². The van der Waals surface area contributed by atoms with Crippen LogP contribution in [0.2, 0.25) is 5.02 Å². The molecule has 0 aliphatic carbocycles. The number of nitrogens with zero attached hydrogens (tertiary/aromatic N) is 3. The molecule has 0 aliphatic heterocycles. The predicted molar refractivity (Wildman–Crippen MR) is 97.7 cm³/mol. The average molecular weight is 441 g/mol. The maximum absolute atomic E-state index is 14.5. The highest BCUT2D eigenvalue weighted by atomic mass is 35.5. The van der Waals surface area contributed by atoms with Crippen molar-refractivity contribution in [2.24, 2.45) is 0 Å². The summed E-state index contributed by atoms with van der Waals surface area (Å²) < 4.78 is 58.5. The van der Waals surface area contributed by atoms with Crippen LogP contribution >= 0.6 is 11.6 Å². The van der Waals surface area contributed by atoms with Crippen LogP contribution < -0.4 is 21.8 Å². The first-order valence-electron chi connectivity index (χ1n) is 7.92. The van der Waals surface area contributed by atoms with Gasteiger partial charge in [0.25, 0.3) is 5.56 Å². The van der Waals surface area contributed by atoms with E-state index in [4.69, 9.17) is 27.4 Å². The van der Waals surface area contributed by atoms with E-state index in [2.05, 4.69) is 0 Å². The maximum atomic E-state index is 14.5. The fourth-order valence-corrected chi connectivity index (χ4v) is 2.72. The van der Waals surface area contributed by atoms with E-state index in [1.807, 2.05) is 6.07 Å². The lowest BCUT2D eigenvalue weighted by Gasteiger charge is -2.15. The summed E-state index contributed by atoms with van der Waals surface area (Å²) in [6.45, 7) is 0. The summed E-state index contributed by atoms with van der Waals surface area (Å²) in [6, 6.07) is 9.41. The lowest BCUT2D eigenvalue weighted by Crippen LogP contribution is -2.45. The van der Waals surface area contributed by atoms with Gasteiger partial charge in [-0.3, -0.25) is 4.79 Å². The first kappa shape index (κ1) is 20.9. The lowest BCUT2D eigenvalue weighted by atomic mass is 10.2. The molecule has 1 heterocycles. The third kappa shape index (κ3) is 3.72. The third-order valence-corrected chi connectivity index (χ3v) is 4.19. The smallest absolute Gasteiger partial charge is 0.433 e. The number of nitrogen functional groups attached to an aromatic ring is 1. The molecule has 0 saturated carbocycles. The van der Waals surface area contributed by atoms with Crippen LogP contribution in [0, 0.1) is 17.1 Å². The lowest BCUT2D eigenvalue weighted by molar-refractivity contribution is -0.143. The van der Waals surface area contributed by atoms with Gasteiger partial charge in [0.1, 0.15) is 23.4 Å². The van der Waals surface area contributed by atoms with Gasteiger partial charge < -0.3 is 10.6 Å². The number of para-hydroxylation sites is 1. The van der Waals surface area contributed by atoms with E-state index in [1.54, 1.807) is 12.1 Å². The molecule has 0 radical (unpaired) electrons. The number of aromatic nitrogens is 2. The van der Waals surface area contributed by atoms with Gasteiger partial charge in [-0.15, -0.1) is 0 Å². The Morgan fingerprint density at radius 3 is 2.40 bits per heavy atom. The van der Waals surface area contributed by atoms with Gasteiger partial charge in [-0.05, 0) is 18.2 Å². The second-order valence-corrected chi connectivity index (χ2v) is 6.20. The molecule has 0 atom stereocenters. The molecular weight excluding hydrogens is 432 g/mol. The number of halogens is 5. The first-order chi connectivity index (χ1) is 14.0. The Bertz CT molecular complexity index is 1310. The van der Waals surface area contributed by atoms with E-state index in [-0.39, 0.29) is 37.4 Å². The summed E-state index contributed by atoms with van der Waals surface area (Å²) in [6.07, 6.45) is -5.08. The molecular formula is C18H9ClF4N4O3. The van der Waals surface area contributed by atoms with Crippen molar-refractivity contribution >= 4 is 11.6 Å². The fourth-order valence-electron chi connectivity index (χ4n) is 2.53. The van der Waals surface area contributed by atoms with Gasteiger partial charge in [0.15, 0.2) is 5.69 Å². The molecule has 154 valence electrons. The van der Waals surface area contributed by atoms with E-state index in [0.29, 0.717) is 6.07 Å². The van der Waals surface area contributed by atoms with Crippen LogP contribution in [0.25, 0.3) is 5.69 Å². The number of hydrogen-bond acceptors (Lipinski definition) is 5. The Kier molecular flexibility index (Phi) is 5.28. The topological polar surface area (TPSA) is 103 Å². The zero-order valence-corrected chi connectivity index (χ0v) is 15.3. The van der Waals surface area contributed by atoms with E-state index >= 15 is 0 Å². The van der Waals surface area contributed by atoms with Crippen molar-refractivity contribution in [2.45, 2.75) is 6.18 Å². The Hall–Kier alpha value is -3.78. The minimum Gasteiger partial charge on any atom is -0.454 e. The minimum absolute atomic E-state index is 0.0375. The summed E-state index contributed by atoms with van der Waals surface area (Å²) in [7, 11) is 0. The van der Waals surface area contributed by atoms with Crippen molar-refractivity contribution in [3.05, 3.63) is 85.4 Å². The molecule has 2 aromatic carbocycles. The molecule has 0 spiro atoms. The molecule has 0 bridgehead atoms. The number of ether oxygens (including phenoxy) is 1. The standard InChI is InChI=1S/C18H9ClF4N4O3/c19-10-5-11(20)12(6-14(10)30-13-4-2-1-3-9(13)8-24)26-16(28)7-15(18(21,22)23)27(25)17(26)29/h1-7H,25H2. The van der Waals surface area contributed by atoms with Crippen molar-refractivity contribution in [3.63, 3.8) is 0 Å². The molecule has 12 heteroatoms. The van der Waals surface area contributed by atoms with Crippen LogP contribution in [0.3, 0.4) is 0 Å². The molecule has 1 aromatic heterocycles. The summed E-state index contributed by atoms with van der Waals surface area (Å²) in [4.78, 5) is 24.5. The number of hydrogen-bond donors (Lipinski definition) is 1. The Labute approximate surface area is 169 Å². The molecule has 0 saturated heterocycles. The predicted octanol–water partition coefficient (Wildman–Crippen LogP) is 3.19. The highest BCUT2D eigenvalue weighted by Crippen LogP contribution is 2.34. The van der Waals surface area contributed by atoms with Crippen LogP contribution in [0.15, 0.2) is 52.1 Å². The molecule has 3 aromatic rings. The summed E-state index contributed by atoms with van der Waals surface area (Å²) in [5, 5.41) is 8.84. The van der Waals surface area contributed by atoms with Gasteiger partial charge in [0.2, 0.25) is 0 Å². The zero-order valence-electron chi connectivity index (χ0n) is 14.6. The second kappa shape index (κ2) is 7.57. The number of nitriles is 1. The van der Waals surface area contributed by atoms with Gasteiger partial charge >= 0.3 is 11.9 Å². The Morgan fingerprint density at radius 2 is 1.77 bits per heavy atom. The number of nitrogens with two attached hydrogens (primary N) is 1. The SMILES string of the molecule is N#Cc1ccccc1Oc1cc(-n2c(=O)cc(C(F)(F)F)n(N)c2=O)c(F)cc1Cl. The highest BCUT2D eigenvalue weighted by molar-refractivity contribution is 6.32. The molecule has 0 fully saturated rings. The molecule has 0 amide bonds. The van der Waals surface area contributed by atoms with Crippen LogP contribution in [0.4, 0.5) is 17.6 Å². The largest absolute Gasteiger partial charge is 0.454 e. The third-order valence-electron chi connectivity index (χ3n) is 3.90. The van der Waals surface area contributed by atoms with Crippen molar-refractivity contribution in [3.8, 4) is 23.3 Å². The van der Waals surface area contributed by atoms with Crippen LogP contribution in [-0.4, -0.2) is 9.24 Å². The monoisotopic (exact) mass is 440 g/mol. The van der Waals surface area contributed by atoms with Crippen molar-refractivity contribution in [2.75, 3.05) is 5.84 Å². The molecule has 0 unspecified atom stereocenters. The van der Waals surface area contributed by atoms with Crippen molar-refractivity contribution < 1.29 is 22.3 Å². The van der Waals surface area contributed by atoms with E-state index in [9.17, 15) is 27.2 Å². The first-order valence-corrected chi connectivity index (χ1v) is 8.30.